The molecule has 0 bridgehead atoms. The number of hydrogen-bond donors (Lipinski definition) is 11. The Morgan fingerprint density at radius 2 is 1.35 bits per heavy atom. The number of carbonyl (C=O) groups is 9. The number of phenolic OH excluding ortho intramolecular Hbond substituents is 1. The van der Waals surface area contributed by atoms with Crippen molar-refractivity contribution in [3.8, 4) is 5.75 Å². The van der Waals surface area contributed by atoms with Crippen LogP contribution in [0.2, 0.25) is 0 Å². The van der Waals surface area contributed by atoms with Crippen LogP contribution >= 0.6 is 12.6 Å². The van der Waals surface area contributed by atoms with E-state index in [4.69, 9.17) is 11.5 Å². The predicted molar refractivity (Wildman–Crippen MR) is 255 cm³/mol. The lowest BCUT2D eigenvalue weighted by atomic mass is 9.97. The number of nitrogens with zero attached hydrogens (tertiary/aromatic N) is 2. The van der Waals surface area contributed by atoms with Gasteiger partial charge in [0.15, 0.2) is 0 Å². The van der Waals surface area contributed by atoms with E-state index in [2.05, 4.69) is 39.2 Å². The number of nitrogens with two attached hydrogens (primary N) is 2. The van der Waals surface area contributed by atoms with Gasteiger partial charge in [0, 0.05) is 44.5 Å². The molecule has 22 heteroatoms. The summed E-state index contributed by atoms with van der Waals surface area (Å²) in [5.74, 6) is -7.65. The Balaban J connectivity index is 1.57. The quantitative estimate of drug-likeness (QED) is 0.0533. The molecule has 0 unspecified atom stereocenters. The lowest BCUT2D eigenvalue weighted by molar-refractivity contribution is -0.148. The molecule has 0 saturated carbocycles. The van der Waals surface area contributed by atoms with Gasteiger partial charge in [0.1, 0.15) is 48.0 Å². The number of carboxylic acids is 1. The molecule has 2 aromatic rings. The van der Waals surface area contributed by atoms with E-state index in [0.29, 0.717) is 30.4 Å². The Kier molecular flexibility index (Phi) is 21.2. The summed E-state index contributed by atoms with van der Waals surface area (Å²) >= 11 is 3.99. The molecule has 0 spiro atoms. The Morgan fingerprint density at radius 1 is 0.754 bits per heavy atom. The fourth-order valence-corrected chi connectivity index (χ4v) is 8.57. The van der Waals surface area contributed by atoms with Crippen LogP contribution in [0.5, 0.6) is 5.75 Å². The van der Waals surface area contributed by atoms with Crippen molar-refractivity contribution in [3.63, 3.8) is 0 Å². The molecule has 0 aliphatic carbocycles. The summed E-state index contributed by atoms with van der Waals surface area (Å²) in [4.78, 5) is 123. The number of phenols is 1. The summed E-state index contributed by atoms with van der Waals surface area (Å²) < 4.78 is 0. The Morgan fingerprint density at radius 3 is 1.96 bits per heavy atom. The van der Waals surface area contributed by atoms with E-state index in [9.17, 15) is 58.5 Å². The first-order valence-electron chi connectivity index (χ1n) is 23.3. The molecule has 2 aromatic carbocycles. The standard InChI is InChI=1S/C47H67N9O12S/c1-4-10-32(41(61)53-35(25-69)47(67)68)50-44(64)39(26(3)5-2)54-43(63)37-23-30(58)24-56(37)46(66)36-13-9-20-55(36)45(65)34(22-27-11-7-6-8-12-27)52-42(62)33(21-28-14-16-29(57)17-15-28)51-40(60)31(48)18-19-38(49)59/h6-8,11-12,14-17,26,30-37,39,57-58,69H,4-5,9-10,13,18-25,48H2,1-3H3,(H2,49,59)(H,50,64)(H,51,60)(H,52,62)(H,53,61)(H,54,63)(H,67,68)/t26-,30+,31-,32-,33-,34-,35-,36-,37-,39-/m0/s1. The van der Waals surface area contributed by atoms with Crippen molar-refractivity contribution in [2.45, 2.75) is 139 Å². The molecule has 378 valence electrons. The number of benzene rings is 2. The van der Waals surface area contributed by atoms with Crippen molar-refractivity contribution in [1.82, 2.24) is 36.4 Å². The number of aliphatic carboxylic acids is 1. The van der Waals surface area contributed by atoms with Gasteiger partial charge in [-0.25, -0.2) is 4.79 Å². The third-order valence-corrected chi connectivity index (χ3v) is 12.8. The molecule has 2 fully saturated rings. The largest absolute Gasteiger partial charge is 0.508 e. The molecule has 4 rings (SSSR count). The van der Waals surface area contributed by atoms with Gasteiger partial charge in [0.25, 0.3) is 0 Å². The van der Waals surface area contributed by atoms with Gasteiger partial charge in [-0.05, 0) is 54.9 Å². The molecule has 0 radical (unpaired) electrons. The minimum atomic E-state index is -1.31. The highest BCUT2D eigenvalue weighted by atomic mass is 32.1. The SMILES string of the molecule is CCC[C@H](NC(=O)[C@@H](NC(=O)[C@@H]1C[C@@H](O)CN1C(=O)[C@@H]1CCCN1C(=O)[C@H](Cc1ccccc1)NC(=O)[C@H](Cc1ccc(O)cc1)NC(=O)[C@@H](N)CCC(N)=O)[C@@H](C)CC)C(=O)N[C@@H](CS)C(=O)O. The second kappa shape index (κ2) is 26.5. The minimum absolute atomic E-state index is 0.0244. The summed E-state index contributed by atoms with van der Waals surface area (Å²) in [7, 11) is 0. The number of β-amino-alcohol motifs (C(OH)–C–C–N with tert-alkyl or cyclic N) is 1. The first kappa shape index (κ1) is 55.3. The molecule has 2 saturated heterocycles. The summed E-state index contributed by atoms with van der Waals surface area (Å²) in [6, 6.07) is 4.92. The number of thiol groups is 1. The van der Waals surface area contributed by atoms with Crippen LogP contribution in [-0.2, 0) is 56.0 Å². The van der Waals surface area contributed by atoms with Gasteiger partial charge in [-0.3, -0.25) is 38.4 Å². The van der Waals surface area contributed by atoms with Crippen LogP contribution in [0.15, 0.2) is 54.6 Å². The zero-order valence-corrected chi connectivity index (χ0v) is 40.1. The van der Waals surface area contributed by atoms with Gasteiger partial charge in [0.2, 0.25) is 47.3 Å². The first-order valence-corrected chi connectivity index (χ1v) is 23.9. The van der Waals surface area contributed by atoms with E-state index in [1.807, 2.05) is 0 Å². The molecule has 2 aliphatic rings. The number of aliphatic hydroxyl groups excluding tert-OH is 1. The summed E-state index contributed by atoms with van der Waals surface area (Å²) in [5.41, 5.74) is 12.5. The van der Waals surface area contributed by atoms with Crippen molar-refractivity contribution in [2.24, 2.45) is 17.4 Å². The van der Waals surface area contributed by atoms with Crippen LogP contribution in [0.3, 0.4) is 0 Å². The van der Waals surface area contributed by atoms with E-state index in [-0.39, 0.29) is 69.5 Å². The highest BCUT2D eigenvalue weighted by Crippen LogP contribution is 2.27. The number of aromatic hydroxyl groups is 1. The number of nitrogens with one attached hydrogen (secondary N) is 5. The molecule has 69 heavy (non-hydrogen) atoms. The van der Waals surface area contributed by atoms with Gasteiger partial charge in [-0.1, -0.05) is 76.1 Å². The number of aliphatic hydroxyl groups is 1. The van der Waals surface area contributed by atoms with Crippen molar-refractivity contribution >= 4 is 65.9 Å². The van der Waals surface area contributed by atoms with E-state index in [1.165, 1.54) is 21.9 Å². The van der Waals surface area contributed by atoms with E-state index >= 15 is 0 Å². The monoisotopic (exact) mass is 981 g/mol. The third-order valence-electron chi connectivity index (χ3n) is 12.4. The molecule has 2 heterocycles. The lowest BCUT2D eigenvalue weighted by Crippen LogP contribution is -2.60. The first-order chi connectivity index (χ1) is 32.8. The number of amides is 8. The Labute approximate surface area is 406 Å². The van der Waals surface area contributed by atoms with Gasteiger partial charge >= 0.3 is 5.97 Å². The second-order valence-corrected chi connectivity index (χ2v) is 18.0. The van der Waals surface area contributed by atoms with Crippen molar-refractivity contribution in [1.29, 1.82) is 0 Å². The Bertz CT molecular complexity index is 2130. The summed E-state index contributed by atoms with van der Waals surface area (Å²) in [6.07, 6.45) is -0.101. The average molecular weight is 982 g/mol. The topological polar surface area (TPSA) is 333 Å². The van der Waals surface area contributed by atoms with Crippen LogP contribution < -0.4 is 38.1 Å². The summed E-state index contributed by atoms with van der Waals surface area (Å²) in [6.45, 7) is 5.13. The maximum Gasteiger partial charge on any atom is 0.327 e. The lowest BCUT2D eigenvalue weighted by Gasteiger charge is -2.34. The van der Waals surface area contributed by atoms with Crippen LogP contribution in [-0.4, -0.2) is 152 Å². The van der Waals surface area contributed by atoms with Crippen molar-refractivity contribution < 1.29 is 58.5 Å². The minimum Gasteiger partial charge on any atom is -0.508 e. The normalized spacial score (nSPS) is 19.7. The van der Waals surface area contributed by atoms with E-state index in [0.717, 1.165) is 0 Å². The second-order valence-electron chi connectivity index (χ2n) is 17.7. The van der Waals surface area contributed by atoms with E-state index < -0.39 is 114 Å². The molecular formula is C47H67N9O12S. The predicted octanol–water partition coefficient (Wildman–Crippen LogP) is -0.992. The van der Waals surface area contributed by atoms with Gasteiger partial charge in [-0.2, -0.15) is 12.6 Å². The number of carboxylic acid groups (broad SMARTS) is 1. The van der Waals surface area contributed by atoms with Gasteiger partial charge in [0.05, 0.1) is 12.1 Å². The molecular weight excluding hydrogens is 915 g/mol. The number of carbonyl (C=O) groups excluding carboxylic acids is 8. The van der Waals surface area contributed by atoms with Crippen LogP contribution in [0.25, 0.3) is 0 Å². The maximum absolute atomic E-state index is 14.7. The number of hydrogen-bond acceptors (Lipinski definition) is 13. The number of rotatable bonds is 25. The highest BCUT2D eigenvalue weighted by molar-refractivity contribution is 7.80. The van der Waals surface area contributed by atoms with Crippen molar-refractivity contribution in [3.05, 3.63) is 65.7 Å². The average Bonchev–Trinajstić information content (AvgIpc) is 3.98. The van der Waals surface area contributed by atoms with Crippen LogP contribution in [0, 0.1) is 5.92 Å². The molecule has 12 N–H and O–H groups in total. The smallest absolute Gasteiger partial charge is 0.327 e. The van der Waals surface area contributed by atoms with Gasteiger partial charge < -0.3 is 63.2 Å². The Hall–Kier alpha value is -6.26. The van der Waals surface area contributed by atoms with Crippen molar-refractivity contribution in [2.75, 3.05) is 18.8 Å². The zero-order chi connectivity index (χ0) is 50.9. The van der Waals surface area contributed by atoms with Crippen LogP contribution in [0.1, 0.15) is 83.3 Å². The molecule has 10 atom stereocenters. The maximum atomic E-state index is 14.7. The number of likely N-dealkylation sites (tertiary alicyclic amines) is 2. The molecule has 8 amide bonds. The molecule has 0 aromatic heterocycles. The molecule has 21 nitrogen and oxygen atoms in total. The summed E-state index contributed by atoms with van der Waals surface area (Å²) in [5, 5.41) is 43.4. The number of primary amides is 1. The zero-order valence-electron chi connectivity index (χ0n) is 39.2. The fourth-order valence-electron chi connectivity index (χ4n) is 8.32. The third kappa shape index (κ3) is 15.9. The van der Waals surface area contributed by atoms with Gasteiger partial charge in [-0.15, -0.1) is 0 Å². The molecule has 2 aliphatic heterocycles. The fraction of sp³-hybridized carbons (Fsp3) is 0.553. The van der Waals surface area contributed by atoms with Crippen LogP contribution in [0.4, 0.5) is 0 Å². The van der Waals surface area contributed by atoms with E-state index in [1.54, 1.807) is 63.2 Å². The highest BCUT2D eigenvalue weighted by Gasteiger charge is 2.47.